The molecule has 0 fully saturated rings. The Labute approximate surface area is 141 Å². The van der Waals surface area contributed by atoms with Gasteiger partial charge in [-0.05, 0) is 24.2 Å². The minimum Gasteiger partial charge on any atom is -0.0991 e. The molecule has 0 aliphatic rings. The van der Waals surface area contributed by atoms with Crippen molar-refractivity contribution in [3.8, 4) is 0 Å². The van der Waals surface area contributed by atoms with E-state index in [2.05, 4.69) is 99.8 Å². The van der Waals surface area contributed by atoms with Crippen LogP contribution in [0.15, 0.2) is 109 Å². The average Bonchev–Trinajstić information content (AvgIpc) is 2.58. The summed E-state index contributed by atoms with van der Waals surface area (Å²) >= 11 is 0. The van der Waals surface area contributed by atoms with E-state index in [1.807, 2.05) is 12.2 Å². The normalized spacial score (nSPS) is 12.8. The van der Waals surface area contributed by atoms with Crippen molar-refractivity contribution in [2.24, 2.45) is 0 Å². The highest BCUT2D eigenvalue weighted by atomic mass is 28.3. The molecule has 2 rings (SSSR count). The maximum atomic E-state index is 3.91. The molecule has 0 aliphatic heterocycles. The predicted octanol–water partition coefficient (Wildman–Crippen LogP) is 4.59. The molecule has 0 bridgehead atoms. The first-order chi connectivity index (χ1) is 11.2. The van der Waals surface area contributed by atoms with Gasteiger partial charge in [-0.1, -0.05) is 109 Å². The van der Waals surface area contributed by atoms with Gasteiger partial charge in [0.15, 0.2) is 8.07 Å². The molecule has 2 aromatic carbocycles. The summed E-state index contributed by atoms with van der Waals surface area (Å²) in [5.41, 5.74) is 0. The van der Waals surface area contributed by atoms with Gasteiger partial charge in [-0.15, -0.1) is 0 Å². The molecule has 0 spiro atoms. The van der Waals surface area contributed by atoms with Gasteiger partial charge in [0.1, 0.15) is 0 Å². The van der Waals surface area contributed by atoms with Gasteiger partial charge in [0.25, 0.3) is 0 Å². The van der Waals surface area contributed by atoms with Crippen LogP contribution >= 0.6 is 0 Å². The molecule has 0 saturated carbocycles. The Kier molecular flexibility index (Phi) is 5.72. The van der Waals surface area contributed by atoms with Gasteiger partial charge in [0.2, 0.25) is 0 Å². The Bertz CT molecular complexity index is 656. The first-order valence-corrected chi connectivity index (χ1v) is 9.88. The topological polar surface area (TPSA) is 0 Å². The van der Waals surface area contributed by atoms with Crippen LogP contribution in [0.5, 0.6) is 0 Å². The lowest BCUT2D eigenvalue weighted by Crippen LogP contribution is -2.61. The molecule has 0 nitrogen and oxygen atoms in total. The summed E-state index contributed by atoms with van der Waals surface area (Å²) in [5, 5.41) is 5.52. The molecule has 2 aromatic rings. The summed E-state index contributed by atoms with van der Waals surface area (Å²) in [7, 11) is -2.22. The highest BCUT2D eigenvalue weighted by Crippen LogP contribution is 2.24. The van der Waals surface area contributed by atoms with E-state index in [-0.39, 0.29) is 0 Å². The molecular formula is C22H24Si. The van der Waals surface area contributed by atoms with E-state index in [1.54, 1.807) is 0 Å². The zero-order chi connectivity index (χ0) is 16.7. The minimum atomic E-state index is -2.22. The summed E-state index contributed by atoms with van der Waals surface area (Å²) < 4.78 is 0. The first kappa shape index (κ1) is 17.0. The second-order valence-corrected chi connectivity index (χ2v) is 9.88. The second-order valence-electron chi connectivity index (χ2n) is 5.65. The third-order valence-electron chi connectivity index (χ3n) is 4.33. The quantitative estimate of drug-likeness (QED) is 0.540. The lowest BCUT2D eigenvalue weighted by molar-refractivity contribution is 1.50. The molecule has 0 atom stereocenters. The average molecular weight is 317 g/mol. The third kappa shape index (κ3) is 3.20. The molecule has 116 valence electrons. The van der Waals surface area contributed by atoms with E-state index in [9.17, 15) is 0 Å². The fourth-order valence-electron chi connectivity index (χ4n) is 3.37. The SMILES string of the molecule is C=CC=C(C)[Si](C(C)=CC=C)(c1ccccc1)c1ccccc1. The minimum absolute atomic E-state index is 1.38. The van der Waals surface area contributed by atoms with Crippen LogP contribution in [-0.4, -0.2) is 8.07 Å². The smallest absolute Gasteiger partial charge is 0.0991 e. The molecule has 0 unspecified atom stereocenters. The largest absolute Gasteiger partial charge is 0.171 e. The van der Waals surface area contributed by atoms with E-state index in [4.69, 9.17) is 0 Å². The van der Waals surface area contributed by atoms with Crippen LogP contribution in [0.2, 0.25) is 0 Å². The van der Waals surface area contributed by atoms with Gasteiger partial charge in [-0.3, -0.25) is 0 Å². The van der Waals surface area contributed by atoms with Crippen LogP contribution in [0, 0.1) is 0 Å². The van der Waals surface area contributed by atoms with Crippen molar-refractivity contribution >= 4 is 18.4 Å². The lowest BCUT2D eigenvalue weighted by atomic mass is 10.4. The molecule has 0 aromatic heterocycles. The Hall–Kier alpha value is -2.38. The van der Waals surface area contributed by atoms with Crippen molar-refractivity contribution in [3.63, 3.8) is 0 Å². The van der Waals surface area contributed by atoms with Crippen molar-refractivity contribution in [2.75, 3.05) is 0 Å². The van der Waals surface area contributed by atoms with Crippen LogP contribution in [0.3, 0.4) is 0 Å². The zero-order valence-corrected chi connectivity index (χ0v) is 15.0. The monoisotopic (exact) mass is 316 g/mol. The highest BCUT2D eigenvalue weighted by molar-refractivity contribution is 7.12. The van der Waals surface area contributed by atoms with Gasteiger partial charge in [0.05, 0.1) is 0 Å². The fourth-order valence-corrected chi connectivity index (χ4v) is 8.27. The lowest BCUT2D eigenvalue weighted by Gasteiger charge is -2.35. The molecule has 0 N–H and O–H groups in total. The van der Waals surface area contributed by atoms with Crippen molar-refractivity contribution in [3.05, 3.63) is 109 Å². The van der Waals surface area contributed by atoms with Gasteiger partial charge in [-0.25, -0.2) is 0 Å². The standard InChI is InChI=1S/C22H24Si/c1-5-13-19(3)23(20(4)14-6-2,21-15-9-7-10-16-21)22-17-11-8-12-18-22/h5-18H,1-2H2,3-4H3. The summed E-state index contributed by atoms with van der Waals surface area (Å²) in [5.74, 6) is 0. The van der Waals surface area contributed by atoms with Crippen molar-refractivity contribution in [1.82, 2.24) is 0 Å². The van der Waals surface area contributed by atoms with E-state index < -0.39 is 8.07 Å². The Morgan fingerprint density at radius 2 is 1.04 bits per heavy atom. The second kappa shape index (κ2) is 7.75. The van der Waals surface area contributed by atoms with Gasteiger partial charge in [0, 0.05) is 0 Å². The number of benzene rings is 2. The summed E-state index contributed by atoms with van der Waals surface area (Å²) in [6.45, 7) is 12.3. The van der Waals surface area contributed by atoms with Crippen molar-refractivity contribution < 1.29 is 0 Å². The zero-order valence-electron chi connectivity index (χ0n) is 14.0. The van der Waals surface area contributed by atoms with E-state index in [1.165, 1.54) is 20.8 Å². The molecule has 1 heteroatoms. The molecule has 0 aliphatic carbocycles. The van der Waals surface area contributed by atoms with Gasteiger partial charge in [-0.2, -0.15) is 0 Å². The molecule has 0 amide bonds. The number of allylic oxidation sites excluding steroid dienone is 6. The molecule has 0 heterocycles. The third-order valence-corrected chi connectivity index (χ3v) is 9.43. The molecule has 0 radical (unpaired) electrons. The van der Waals surface area contributed by atoms with Crippen molar-refractivity contribution in [1.29, 1.82) is 0 Å². The number of hydrogen-bond acceptors (Lipinski definition) is 0. The molecule has 0 saturated heterocycles. The van der Waals surface area contributed by atoms with E-state index >= 15 is 0 Å². The molecule has 23 heavy (non-hydrogen) atoms. The van der Waals surface area contributed by atoms with E-state index in [0.29, 0.717) is 0 Å². The van der Waals surface area contributed by atoms with Crippen LogP contribution in [0.1, 0.15) is 13.8 Å². The summed E-state index contributed by atoms with van der Waals surface area (Å²) in [6, 6.07) is 21.7. The Balaban J connectivity index is 2.90. The van der Waals surface area contributed by atoms with Crippen LogP contribution < -0.4 is 10.4 Å². The van der Waals surface area contributed by atoms with E-state index in [0.717, 1.165) is 0 Å². The maximum Gasteiger partial charge on any atom is 0.171 e. The van der Waals surface area contributed by atoms with Crippen LogP contribution in [0.4, 0.5) is 0 Å². The first-order valence-electron chi connectivity index (χ1n) is 7.88. The maximum absolute atomic E-state index is 3.91. The Morgan fingerprint density at radius 1 is 0.696 bits per heavy atom. The Morgan fingerprint density at radius 3 is 1.35 bits per heavy atom. The van der Waals surface area contributed by atoms with Gasteiger partial charge < -0.3 is 0 Å². The summed E-state index contributed by atoms with van der Waals surface area (Å²) in [6.07, 6.45) is 8.10. The fraction of sp³-hybridized carbons (Fsp3) is 0.0909. The summed E-state index contributed by atoms with van der Waals surface area (Å²) in [4.78, 5) is 0. The van der Waals surface area contributed by atoms with Gasteiger partial charge >= 0.3 is 0 Å². The molecular weight excluding hydrogens is 292 g/mol. The highest BCUT2D eigenvalue weighted by Gasteiger charge is 2.40. The van der Waals surface area contributed by atoms with Crippen molar-refractivity contribution in [2.45, 2.75) is 13.8 Å². The van der Waals surface area contributed by atoms with Crippen LogP contribution in [-0.2, 0) is 0 Å². The number of rotatable bonds is 6. The number of hydrogen-bond donors (Lipinski definition) is 0. The predicted molar refractivity (Wildman–Crippen MR) is 106 cm³/mol. The van der Waals surface area contributed by atoms with Crippen LogP contribution in [0.25, 0.3) is 0 Å².